The monoisotopic (exact) mass is 362 g/mol. The Hall–Kier alpha value is -2.44. The third-order valence-electron chi connectivity index (χ3n) is 5.84. The van der Waals surface area contributed by atoms with E-state index in [2.05, 4.69) is 72.8 Å². The molecule has 1 fully saturated rings. The van der Waals surface area contributed by atoms with Crippen LogP contribution in [0.25, 0.3) is 0 Å². The average Bonchev–Trinajstić information content (AvgIpc) is 2.68. The Labute approximate surface area is 154 Å². The molecule has 0 atom stereocenters. The fourth-order valence-electron chi connectivity index (χ4n) is 4.49. The standard InChI is InChI=1S/C23H23O2P/c24-19-25-26(23-17-10-18-23,20-11-4-1-5-12-20,21-13-6-2-7-14-21)22-15-8-3-9-16-22/h1-9,11-16,19,23H,10,17-18H2. The summed E-state index contributed by atoms with van der Waals surface area (Å²) in [6.45, 7) is -2.69. The maximum absolute atomic E-state index is 12.0. The maximum atomic E-state index is 12.0. The van der Waals surface area contributed by atoms with Gasteiger partial charge < -0.3 is 0 Å². The van der Waals surface area contributed by atoms with Crippen LogP contribution in [0, 0.1) is 0 Å². The Kier molecular flexibility index (Phi) is 4.38. The van der Waals surface area contributed by atoms with Gasteiger partial charge in [-0.05, 0) is 0 Å². The molecule has 0 radical (unpaired) electrons. The van der Waals surface area contributed by atoms with Crippen molar-refractivity contribution in [2.45, 2.75) is 24.9 Å². The van der Waals surface area contributed by atoms with Crippen LogP contribution in [0.3, 0.4) is 0 Å². The molecule has 0 bridgehead atoms. The summed E-state index contributed by atoms with van der Waals surface area (Å²) >= 11 is 0. The molecule has 0 heterocycles. The third kappa shape index (κ3) is 2.19. The summed E-state index contributed by atoms with van der Waals surface area (Å²) in [7, 11) is 0. The molecule has 0 unspecified atom stereocenters. The normalized spacial score (nSPS) is 16.1. The van der Waals surface area contributed by atoms with Crippen LogP contribution in [0.1, 0.15) is 19.3 Å². The summed E-state index contributed by atoms with van der Waals surface area (Å²) in [5.74, 6) is 0. The molecule has 0 aromatic heterocycles. The molecular formula is C23H23O2P. The van der Waals surface area contributed by atoms with E-state index in [1.54, 1.807) is 0 Å². The van der Waals surface area contributed by atoms with Crippen molar-refractivity contribution in [2.75, 3.05) is 0 Å². The van der Waals surface area contributed by atoms with Crippen molar-refractivity contribution < 1.29 is 9.32 Å². The van der Waals surface area contributed by atoms with Gasteiger partial charge in [-0.2, -0.15) is 0 Å². The Morgan fingerprint density at radius 1 is 0.692 bits per heavy atom. The zero-order chi connectivity index (χ0) is 17.9. The van der Waals surface area contributed by atoms with Gasteiger partial charge in [0.1, 0.15) is 0 Å². The number of hydrogen-bond acceptors (Lipinski definition) is 2. The number of rotatable bonds is 6. The van der Waals surface area contributed by atoms with Crippen molar-refractivity contribution in [3.05, 3.63) is 91.0 Å². The van der Waals surface area contributed by atoms with Gasteiger partial charge in [-0.25, -0.2) is 0 Å². The van der Waals surface area contributed by atoms with Gasteiger partial charge in [0.15, 0.2) is 0 Å². The summed E-state index contributed by atoms with van der Waals surface area (Å²) in [5.41, 5.74) is 0.318. The minimum absolute atomic E-state index is 0.318. The first kappa shape index (κ1) is 17.0. The summed E-state index contributed by atoms with van der Waals surface area (Å²) < 4.78 is 6.43. The molecule has 3 heteroatoms. The summed E-state index contributed by atoms with van der Waals surface area (Å²) in [5, 5.41) is 3.40. The number of carbonyl (C=O) groups is 1. The molecule has 2 nitrogen and oxygen atoms in total. The molecule has 0 spiro atoms. The molecule has 0 saturated heterocycles. The van der Waals surface area contributed by atoms with Crippen molar-refractivity contribution in [1.82, 2.24) is 0 Å². The molecule has 0 aliphatic heterocycles. The number of benzene rings is 3. The summed E-state index contributed by atoms with van der Waals surface area (Å²) in [4.78, 5) is 12.0. The van der Waals surface area contributed by atoms with Crippen LogP contribution in [-0.4, -0.2) is 12.1 Å². The molecule has 4 rings (SSSR count). The van der Waals surface area contributed by atoms with Crippen molar-refractivity contribution in [3.63, 3.8) is 0 Å². The molecule has 132 valence electrons. The molecule has 1 aliphatic carbocycles. The first-order valence-corrected chi connectivity index (χ1v) is 11.4. The molecule has 3 aromatic rings. The van der Waals surface area contributed by atoms with Gasteiger partial charge in [0.25, 0.3) is 0 Å². The van der Waals surface area contributed by atoms with Gasteiger partial charge in [0.2, 0.25) is 0 Å². The quantitative estimate of drug-likeness (QED) is 0.486. The van der Waals surface area contributed by atoms with Gasteiger partial charge in [0.05, 0.1) is 0 Å². The van der Waals surface area contributed by atoms with E-state index in [1.165, 1.54) is 6.42 Å². The van der Waals surface area contributed by atoms with Crippen LogP contribution >= 0.6 is 6.83 Å². The molecule has 1 saturated carbocycles. The average molecular weight is 362 g/mol. The zero-order valence-electron chi connectivity index (χ0n) is 14.7. The van der Waals surface area contributed by atoms with E-state index in [-0.39, 0.29) is 0 Å². The first-order valence-electron chi connectivity index (χ1n) is 9.13. The van der Waals surface area contributed by atoms with E-state index in [1.807, 2.05) is 18.2 Å². The fourth-order valence-corrected chi connectivity index (χ4v) is 11.0. The van der Waals surface area contributed by atoms with E-state index in [0.717, 1.165) is 28.8 Å². The Bertz CT molecular complexity index is 774. The second kappa shape index (κ2) is 6.70. The van der Waals surface area contributed by atoms with E-state index >= 15 is 0 Å². The Morgan fingerprint density at radius 3 is 1.35 bits per heavy atom. The predicted octanol–water partition coefficient (Wildman–Crippen LogP) is 4.16. The third-order valence-corrected chi connectivity index (χ3v) is 12.2. The van der Waals surface area contributed by atoms with Crippen molar-refractivity contribution in [3.8, 4) is 0 Å². The SMILES string of the molecule is O=COP(c1ccccc1)(c1ccccc1)(c1ccccc1)C1CCC1. The van der Waals surface area contributed by atoms with Gasteiger partial charge in [-0.1, -0.05) is 0 Å². The van der Waals surface area contributed by atoms with Crippen LogP contribution in [0.5, 0.6) is 0 Å². The van der Waals surface area contributed by atoms with Crippen molar-refractivity contribution >= 4 is 29.2 Å². The van der Waals surface area contributed by atoms with E-state index in [9.17, 15) is 4.79 Å². The van der Waals surface area contributed by atoms with Crippen LogP contribution in [0.2, 0.25) is 0 Å². The van der Waals surface area contributed by atoms with Gasteiger partial charge >= 0.3 is 154 Å². The van der Waals surface area contributed by atoms with Gasteiger partial charge in [-0.15, -0.1) is 0 Å². The molecule has 3 aromatic carbocycles. The van der Waals surface area contributed by atoms with Crippen molar-refractivity contribution in [2.24, 2.45) is 0 Å². The predicted molar refractivity (Wildman–Crippen MR) is 110 cm³/mol. The Balaban J connectivity index is 2.18. The topological polar surface area (TPSA) is 26.3 Å². The van der Waals surface area contributed by atoms with Crippen LogP contribution in [-0.2, 0) is 9.32 Å². The molecular weight excluding hydrogens is 339 g/mol. The van der Waals surface area contributed by atoms with Crippen LogP contribution in [0.15, 0.2) is 91.0 Å². The minimum atomic E-state index is -3.37. The summed E-state index contributed by atoms with van der Waals surface area (Å²) in [6.07, 6.45) is 3.33. The number of carbonyl (C=O) groups excluding carboxylic acids is 1. The zero-order valence-corrected chi connectivity index (χ0v) is 15.6. The van der Waals surface area contributed by atoms with Crippen LogP contribution in [0.4, 0.5) is 0 Å². The van der Waals surface area contributed by atoms with Gasteiger partial charge in [0, 0.05) is 0 Å². The second-order valence-corrected chi connectivity index (χ2v) is 11.6. The summed E-state index contributed by atoms with van der Waals surface area (Å²) in [6, 6.07) is 31.2. The van der Waals surface area contributed by atoms with Crippen molar-refractivity contribution in [1.29, 1.82) is 0 Å². The van der Waals surface area contributed by atoms with Gasteiger partial charge in [-0.3, -0.25) is 0 Å². The first-order chi connectivity index (χ1) is 12.8. The van der Waals surface area contributed by atoms with Crippen LogP contribution < -0.4 is 15.9 Å². The molecule has 0 N–H and O–H groups in total. The fraction of sp³-hybridized carbons (Fsp3) is 0.174. The van der Waals surface area contributed by atoms with E-state index in [0.29, 0.717) is 12.1 Å². The molecule has 26 heavy (non-hydrogen) atoms. The Morgan fingerprint density at radius 2 is 1.08 bits per heavy atom. The van der Waals surface area contributed by atoms with E-state index < -0.39 is 6.83 Å². The number of hydrogen-bond donors (Lipinski definition) is 0. The molecule has 0 amide bonds. The molecule has 1 aliphatic rings. The van der Waals surface area contributed by atoms with E-state index in [4.69, 9.17) is 4.52 Å². The second-order valence-electron chi connectivity index (χ2n) is 6.89.